The Kier molecular flexibility index (Phi) is 5.36. The largest absolute Gasteiger partial charge is 0.493 e. The summed E-state index contributed by atoms with van der Waals surface area (Å²) in [5, 5.41) is 3.34. The fourth-order valence-corrected chi connectivity index (χ4v) is 2.56. The number of esters is 1. The molecule has 1 fully saturated rings. The number of methoxy groups -OCH3 is 1. The zero-order valence-corrected chi connectivity index (χ0v) is 12.6. The van der Waals surface area contributed by atoms with Gasteiger partial charge in [0.25, 0.3) is 0 Å². The monoisotopic (exact) mass is 290 g/mol. The van der Waals surface area contributed by atoms with Gasteiger partial charge in [0, 0.05) is 33.1 Å². The number of carbonyl (C=O) groups excluding carboxylic acids is 1. The molecule has 1 aliphatic rings. The van der Waals surface area contributed by atoms with E-state index in [-0.39, 0.29) is 12.0 Å². The van der Waals surface area contributed by atoms with E-state index < -0.39 is 0 Å². The Bertz CT molecular complexity index is 510. The van der Waals surface area contributed by atoms with Crippen molar-refractivity contribution in [1.29, 1.82) is 0 Å². The van der Waals surface area contributed by atoms with Crippen LogP contribution in [0.1, 0.15) is 18.5 Å². The molecule has 0 aliphatic carbocycles. The number of nitrogens with zero attached hydrogens (tertiary/aromatic N) is 1. The van der Waals surface area contributed by atoms with E-state index in [9.17, 15) is 4.79 Å². The Morgan fingerprint density at radius 1 is 1.38 bits per heavy atom. The van der Waals surface area contributed by atoms with E-state index in [1.165, 1.54) is 6.92 Å². The first-order chi connectivity index (χ1) is 10.2. The predicted molar refractivity (Wildman–Crippen MR) is 81.7 cm³/mol. The summed E-state index contributed by atoms with van der Waals surface area (Å²) in [6.07, 6.45) is 1.94. The maximum atomic E-state index is 11.1. The second kappa shape index (κ2) is 7.24. The summed E-state index contributed by atoms with van der Waals surface area (Å²) in [7, 11) is 1.57. The van der Waals surface area contributed by atoms with Crippen molar-refractivity contribution in [2.45, 2.75) is 13.0 Å². The minimum absolute atomic E-state index is 0.132. The molecule has 0 bridgehead atoms. The maximum Gasteiger partial charge on any atom is 0.308 e. The normalized spacial score (nSPS) is 17.0. The highest BCUT2D eigenvalue weighted by molar-refractivity contribution is 5.70. The molecule has 0 aromatic heterocycles. The van der Waals surface area contributed by atoms with Crippen LogP contribution in [0.5, 0.6) is 11.5 Å². The van der Waals surface area contributed by atoms with Crippen molar-refractivity contribution in [3.05, 3.63) is 36.4 Å². The predicted octanol–water partition coefficient (Wildman–Crippen LogP) is 1.75. The third kappa shape index (κ3) is 3.83. The Labute approximate surface area is 125 Å². The lowest BCUT2D eigenvalue weighted by molar-refractivity contribution is -0.132. The molecule has 1 saturated heterocycles. The molecule has 1 atom stereocenters. The number of hydrogen-bond donors (Lipinski definition) is 1. The highest BCUT2D eigenvalue weighted by Gasteiger charge is 2.21. The molecule has 114 valence electrons. The van der Waals surface area contributed by atoms with Crippen LogP contribution in [0.4, 0.5) is 0 Å². The van der Waals surface area contributed by atoms with Crippen LogP contribution in [-0.2, 0) is 4.79 Å². The molecule has 1 aromatic rings. The summed E-state index contributed by atoms with van der Waals surface area (Å²) in [5.41, 5.74) is 1.08. The van der Waals surface area contributed by atoms with Gasteiger partial charge in [0.15, 0.2) is 11.5 Å². The van der Waals surface area contributed by atoms with Gasteiger partial charge in [-0.25, -0.2) is 0 Å². The SMILES string of the molecule is C=C[C@@H](c1ccc(OC(C)=O)c(OC)c1)N1CCNCC1. The van der Waals surface area contributed by atoms with Crippen LogP contribution in [0.15, 0.2) is 30.9 Å². The van der Waals surface area contributed by atoms with Crippen molar-refractivity contribution in [2.24, 2.45) is 0 Å². The van der Waals surface area contributed by atoms with Crippen LogP contribution in [-0.4, -0.2) is 44.2 Å². The first-order valence-electron chi connectivity index (χ1n) is 7.09. The summed E-state index contributed by atoms with van der Waals surface area (Å²) in [6, 6.07) is 5.77. The molecule has 2 rings (SSSR count). The fourth-order valence-electron chi connectivity index (χ4n) is 2.56. The lowest BCUT2D eigenvalue weighted by atomic mass is 10.0. The number of hydrogen-bond acceptors (Lipinski definition) is 5. The standard InChI is InChI=1S/C16H22N2O3/c1-4-14(18-9-7-17-8-10-18)13-5-6-15(21-12(2)19)16(11-13)20-3/h4-6,11,14,17H,1,7-10H2,2-3H3/t14-/m0/s1. The molecule has 5 nitrogen and oxygen atoms in total. The molecule has 0 amide bonds. The number of benzene rings is 1. The second-order valence-electron chi connectivity index (χ2n) is 4.97. The minimum Gasteiger partial charge on any atom is -0.493 e. The van der Waals surface area contributed by atoms with E-state index in [1.807, 2.05) is 18.2 Å². The van der Waals surface area contributed by atoms with E-state index in [0.717, 1.165) is 31.7 Å². The molecule has 0 unspecified atom stereocenters. The van der Waals surface area contributed by atoms with E-state index in [0.29, 0.717) is 11.5 Å². The van der Waals surface area contributed by atoms with E-state index in [4.69, 9.17) is 9.47 Å². The van der Waals surface area contributed by atoms with Gasteiger partial charge in [-0.3, -0.25) is 9.69 Å². The first kappa shape index (κ1) is 15.5. The Morgan fingerprint density at radius 3 is 2.67 bits per heavy atom. The van der Waals surface area contributed by atoms with Crippen molar-refractivity contribution in [3.8, 4) is 11.5 Å². The van der Waals surface area contributed by atoms with Crippen LogP contribution in [0, 0.1) is 0 Å². The van der Waals surface area contributed by atoms with Crippen molar-refractivity contribution in [3.63, 3.8) is 0 Å². The second-order valence-corrected chi connectivity index (χ2v) is 4.97. The lowest BCUT2D eigenvalue weighted by Gasteiger charge is -2.33. The zero-order chi connectivity index (χ0) is 15.2. The molecule has 1 aliphatic heterocycles. The molecule has 21 heavy (non-hydrogen) atoms. The first-order valence-corrected chi connectivity index (χ1v) is 7.09. The van der Waals surface area contributed by atoms with Crippen molar-refractivity contribution >= 4 is 5.97 Å². The van der Waals surface area contributed by atoms with Gasteiger partial charge >= 0.3 is 5.97 Å². The van der Waals surface area contributed by atoms with Crippen molar-refractivity contribution in [1.82, 2.24) is 10.2 Å². The van der Waals surface area contributed by atoms with Gasteiger partial charge in [-0.1, -0.05) is 12.1 Å². The molecular weight excluding hydrogens is 268 g/mol. The topological polar surface area (TPSA) is 50.8 Å². The Hall–Kier alpha value is -1.85. The summed E-state index contributed by atoms with van der Waals surface area (Å²) < 4.78 is 10.5. The van der Waals surface area contributed by atoms with Gasteiger partial charge in [-0.05, 0) is 17.7 Å². The molecule has 0 spiro atoms. The average molecular weight is 290 g/mol. The Balaban J connectivity index is 2.24. The number of piperazine rings is 1. The highest BCUT2D eigenvalue weighted by Crippen LogP contribution is 2.32. The molecule has 5 heteroatoms. The molecule has 1 N–H and O–H groups in total. The summed E-state index contributed by atoms with van der Waals surface area (Å²) >= 11 is 0. The summed E-state index contributed by atoms with van der Waals surface area (Å²) in [5.74, 6) is 0.644. The average Bonchev–Trinajstić information content (AvgIpc) is 2.50. The van der Waals surface area contributed by atoms with E-state index in [1.54, 1.807) is 13.2 Å². The van der Waals surface area contributed by atoms with Gasteiger partial charge in [0.2, 0.25) is 0 Å². The molecule has 0 saturated carbocycles. The highest BCUT2D eigenvalue weighted by atomic mass is 16.6. The van der Waals surface area contributed by atoms with Crippen LogP contribution in [0.25, 0.3) is 0 Å². The third-order valence-corrected chi connectivity index (χ3v) is 3.55. The van der Waals surface area contributed by atoms with E-state index in [2.05, 4.69) is 16.8 Å². The van der Waals surface area contributed by atoms with Crippen LogP contribution < -0.4 is 14.8 Å². The number of rotatable bonds is 5. The molecule has 1 aromatic carbocycles. The van der Waals surface area contributed by atoms with Crippen LogP contribution in [0.2, 0.25) is 0 Å². The van der Waals surface area contributed by atoms with E-state index >= 15 is 0 Å². The smallest absolute Gasteiger partial charge is 0.308 e. The maximum absolute atomic E-state index is 11.1. The van der Waals surface area contributed by atoms with Crippen molar-refractivity contribution in [2.75, 3.05) is 33.3 Å². The quantitative estimate of drug-likeness (QED) is 0.509. The Morgan fingerprint density at radius 2 is 2.10 bits per heavy atom. The van der Waals surface area contributed by atoms with Gasteiger partial charge in [0.05, 0.1) is 13.2 Å². The van der Waals surface area contributed by atoms with Gasteiger partial charge in [-0.2, -0.15) is 0 Å². The third-order valence-electron chi connectivity index (χ3n) is 3.55. The van der Waals surface area contributed by atoms with Crippen molar-refractivity contribution < 1.29 is 14.3 Å². The number of carbonyl (C=O) groups is 1. The fraction of sp³-hybridized carbons (Fsp3) is 0.438. The van der Waals surface area contributed by atoms with Gasteiger partial charge in [0.1, 0.15) is 0 Å². The lowest BCUT2D eigenvalue weighted by Crippen LogP contribution is -2.44. The van der Waals surface area contributed by atoms with Gasteiger partial charge in [-0.15, -0.1) is 6.58 Å². The summed E-state index contributed by atoms with van der Waals surface area (Å²) in [4.78, 5) is 13.5. The van der Waals surface area contributed by atoms with Crippen LogP contribution >= 0.6 is 0 Å². The summed E-state index contributed by atoms with van der Waals surface area (Å²) in [6.45, 7) is 9.24. The molecular formula is C16H22N2O3. The molecule has 1 heterocycles. The van der Waals surface area contributed by atoms with Crippen LogP contribution in [0.3, 0.4) is 0 Å². The number of ether oxygens (including phenoxy) is 2. The minimum atomic E-state index is -0.358. The molecule has 0 radical (unpaired) electrons. The van der Waals surface area contributed by atoms with Gasteiger partial charge < -0.3 is 14.8 Å². The zero-order valence-electron chi connectivity index (χ0n) is 12.6. The number of nitrogens with one attached hydrogen (secondary N) is 1.